The summed E-state index contributed by atoms with van der Waals surface area (Å²) in [5.41, 5.74) is 6.46. The maximum Gasteiger partial charge on any atom is 0.296 e. The summed E-state index contributed by atoms with van der Waals surface area (Å²) in [6.45, 7) is 0. The van der Waals surface area contributed by atoms with Crippen LogP contribution in [0.5, 0.6) is 0 Å². The Balaban J connectivity index is 1.74. The number of nitrogens with zero attached hydrogens (tertiary/aromatic N) is 2. The first kappa shape index (κ1) is 14.1. The van der Waals surface area contributed by atoms with Crippen molar-refractivity contribution in [3.8, 4) is 0 Å². The van der Waals surface area contributed by atoms with Crippen LogP contribution in [-0.2, 0) is 0 Å². The number of hydrogen-bond donors (Lipinski definition) is 2. The van der Waals surface area contributed by atoms with E-state index < -0.39 is 0 Å². The third-order valence-electron chi connectivity index (χ3n) is 3.99. The average Bonchev–Trinajstić information content (AvgIpc) is 2.95. The molecule has 0 unspecified atom stereocenters. The molecule has 0 aliphatic carbocycles. The molecule has 0 atom stereocenters. The van der Waals surface area contributed by atoms with E-state index in [0.29, 0.717) is 17.2 Å². The second-order valence-electron chi connectivity index (χ2n) is 5.46. The number of hydrogen-bond acceptors (Lipinski definition) is 3. The van der Waals surface area contributed by atoms with Crippen LogP contribution in [0.15, 0.2) is 77.0 Å². The zero-order chi connectivity index (χ0) is 16.5. The minimum atomic E-state index is -0.385. The Morgan fingerprint density at radius 1 is 0.833 bits per heavy atom. The SMILES string of the molecule is Nc1[nH]c(N=NC(=O)c2cccc3ccccc23)c2ccccc12. The molecule has 5 heteroatoms. The minimum Gasteiger partial charge on any atom is -0.385 e. The number of rotatable bonds is 2. The van der Waals surface area contributed by atoms with Crippen LogP contribution in [0.4, 0.5) is 11.6 Å². The zero-order valence-electron chi connectivity index (χ0n) is 12.7. The molecule has 116 valence electrons. The van der Waals surface area contributed by atoms with Crippen LogP contribution in [-0.4, -0.2) is 10.9 Å². The van der Waals surface area contributed by atoms with Crippen molar-refractivity contribution >= 4 is 39.1 Å². The number of aromatic amines is 1. The maximum absolute atomic E-state index is 12.5. The smallest absolute Gasteiger partial charge is 0.296 e. The number of benzene rings is 3. The molecule has 5 nitrogen and oxygen atoms in total. The maximum atomic E-state index is 12.5. The van der Waals surface area contributed by atoms with Gasteiger partial charge >= 0.3 is 0 Å². The highest BCUT2D eigenvalue weighted by atomic mass is 16.1. The van der Waals surface area contributed by atoms with Crippen LogP contribution in [0.3, 0.4) is 0 Å². The van der Waals surface area contributed by atoms with Gasteiger partial charge in [-0.1, -0.05) is 60.7 Å². The van der Waals surface area contributed by atoms with Gasteiger partial charge in [0.25, 0.3) is 5.91 Å². The Kier molecular flexibility index (Phi) is 3.31. The lowest BCUT2D eigenvalue weighted by molar-refractivity contribution is 0.0996. The van der Waals surface area contributed by atoms with E-state index in [1.165, 1.54) is 0 Å². The molecule has 0 bridgehead atoms. The number of fused-ring (bicyclic) bond motifs is 2. The minimum absolute atomic E-state index is 0.385. The van der Waals surface area contributed by atoms with Crippen LogP contribution in [0.25, 0.3) is 21.5 Å². The lowest BCUT2D eigenvalue weighted by Crippen LogP contribution is -1.95. The number of azo groups is 1. The highest BCUT2D eigenvalue weighted by Gasteiger charge is 2.10. The molecule has 0 saturated carbocycles. The molecule has 3 aromatic carbocycles. The standard InChI is InChI=1S/C19H14N4O/c20-17-14-9-3-4-10-15(14)18(21-17)22-23-19(24)16-11-5-7-12-6-1-2-8-13(12)16/h1-11,21H,20H2. The summed E-state index contributed by atoms with van der Waals surface area (Å²) in [6, 6.07) is 20.8. The fourth-order valence-corrected chi connectivity index (χ4v) is 2.83. The molecule has 0 aliphatic heterocycles. The van der Waals surface area contributed by atoms with E-state index in [4.69, 9.17) is 5.73 Å². The van der Waals surface area contributed by atoms with Crippen molar-refractivity contribution in [1.29, 1.82) is 0 Å². The predicted octanol–water partition coefficient (Wildman–Crippen LogP) is 4.83. The monoisotopic (exact) mass is 314 g/mol. The molecule has 4 rings (SSSR count). The third-order valence-corrected chi connectivity index (χ3v) is 3.99. The molecule has 0 radical (unpaired) electrons. The topological polar surface area (TPSA) is 83.6 Å². The van der Waals surface area contributed by atoms with Gasteiger partial charge in [0.05, 0.1) is 5.56 Å². The first-order valence-corrected chi connectivity index (χ1v) is 7.54. The molecular weight excluding hydrogens is 300 g/mol. The summed E-state index contributed by atoms with van der Waals surface area (Å²) in [4.78, 5) is 15.4. The molecule has 0 saturated heterocycles. The van der Waals surface area contributed by atoms with Crippen LogP contribution in [0.1, 0.15) is 10.4 Å². The van der Waals surface area contributed by atoms with E-state index in [1.54, 1.807) is 6.07 Å². The second-order valence-corrected chi connectivity index (χ2v) is 5.46. The number of nitrogens with two attached hydrogens (primary N) is 1. The van der Waals surface area contributed by atoms with Gasteiger partial charge in [-0.2, -0.15) is 0 Å². The first-order chi connectivity index (χ1) is 11.7. The third kappa shape index (κ3) is 2.32. The Labute approximate surface area is 137 Å². The van der Waals surface area contributed by atoms with E-state index in [-0.39, 0.29) is 5.91 Å². The predicted molar refractivity (Wildman–Crippen MR) is 95.5 cm³/mol. The van der Waals surface area contributed by atoms with Crippen molar-refractivity contribution in [2.24, 2.45) is 10.2 Å². The number of nitrogen functional groups attached to an aromatic ring is 1. The van der Waals surface area contributed by atoms with Gasteiger partial charge in [0.2, 0.25) is 0 Å². The molecule has 0 fully saturated rings. The fourth-order valence-electron chi connectivity index (χ4n) is 2.83. The number of carbonyl (C=O) groups is 1. The largest absolute Gasteiger partial charge is 0.385 e. The van der Waals surface area contributed by atoms with Gasteiger partial charge < -0.3 is 10.7 Å². The number of H-pyrrole nitrogens is 1. The van der Waals surface area contributed by atoms with Gasteiger partial charge in [-0.05, 0) is 16.8 Å². The van der Waals surface area contributed by atoms with Gasteiger partial charge in [0.15, 0.2) is 5.82 Å². The van der Waals surface area contributed by atoms with Crippen molar-refractivity contribution in [2.75, 3.05) is 5.73 Å². The number of aromatic nitrogens is 1. The van der Waals surface area contributed by atoms with Crippen molar-refractivity contribution in [3.05, 3.63) is 72.3 Å². The summed E-state index contributed by atoms with van der Waals surface area (Å²) in [5, 5.41) is 11.5. The molecule has 1 amide bonds. The van der Waals surface area contributed by atoms with Crippen molar-refractivity contribution in [3.63, 3.8) is 0 Å². The van der Waals surface area contributed by atoms with Crippen LogP contribution in [0, 0.1) is 0 Å². The number of nitrogens with one attached hydrogen (secondary N) is 1. The van der Waals surface area contributed by atoms with Crippen molar-refractivity contribution in [2.45, 2.75) is 0 Å². The zero-order valence-corrected chi connectivity index (χ0v) is 12.7. The lowest BCUT2D eigenvalue weighted by atomic mass is 10.0. The summed E-state index contributed by atoms with van der Waals surface area (Å²) in [7, 11) is 0. The highest BCUT2D eigenvalue weighted by Crippen LogP contribution is 2.30. The summed E-state index contributed by atoms with van der Waals surface area (Å²) in [6.07, 6.45) is 0. The average molecular weight is 314 g/mol. The van der Waals surface area contributed by atoms with Gasteiger partial charge in [-0.3, -0.25) is 4.79 Å². The van der Waals surface area contributed by atoms with Gasteiger partial charge in [-0.25, -0.2) is 0 Å². The van der Waals surface area contributed by atoms with E-state index in [0.717, 1.165) is 21.5 Å². The molecule has 0 spiro atoms. The fraction of sp³-hybridized carbons (Fsp3) is 0. The molecule has 4 aromatic rings. The second kappa shape index (κ2) is 5.62. The lowest BCUT2D eigenvalue weighted by Gasteiger charge is -2.01. The van der Waals surface area contributed by atoms with Crippen LogP contribution >= 0.6 is 0 Å². The Bertz CT molecular complexity index is 1090. The summed E-state index contributed by atoms with van der Waals surface area (Å²) < 4.78 is 0. The summed E-state index contributed by atoms with van der Waals surface area (Å²) >= 11 is 0. The molecule has 1 aromatic heterocycles. The Morgan fingerprint density at radius 2 is 1.50 bits per heavy atom. The number of anilines is 1. The van der Waals surface area contributed by atoms with E-state index in [9.17, 15) is 4.79 Å². The van der Waals surface area contributed by atoms with E-state index in [2.05, 4.69) is 15.2 Å². The van der Waals surface area contributed by atoms with E-state index >= 15 is 0 Å². The summed E-state index contributed by atoms with van der Waals surface area (Å²) in [5.74, 6) is 0.609. The van der Waals surface area contributed by atoms with Crippen molar-refractivity contribution < 1.29 is 4.79 Å². The quantitative estimate of drug-likeness (QED) is 0.519. The number of carbonyl (C=O) groups excluding carboxylic acids is 1. The van der Waals surface area contributed by atoms with Gasteiger partial charge in [0.1, 0.15) is 5.82 Å². The molecule has 24 heavy (non-hydrogen) atoms. The highest BCUT2D eigenvalue weighted by molar-refractivity contribution is 6.07. The van der Waals surface area contributed by atoms with Crippen molar-refractivity contribution in [1.82, 2.24) is 4.98 Å². The van der Waals surface area contributed by atoms with Gasteiger partial charge in [0, 0.05) is 10.8 Å². The van der Waals surface area contributed by atoms with E-state index in [1.807, 2.05) is 60.7 Å². The van der Waals surface area contributed by atoms with Gasteiger partial charge in [-0.15, -0.1) is 10.2 Å². The Hall–Kier alpha value is -3.47. The molecule has 3 N–H and O–H groups in total. The van der Waals surface area contributed by atoms with Crippen LogP contribution in [0.2, 0.25) is 0 Å². The molecule has 1 heterocycles. The first-order valence-electron chi connectivity index (χ1n) is 7.54. The van der Waals surface area contributed by atoms with Crippen LogP contribution < -0.4 is 5.73 Å². The normalized spacial score (nSPS) is 11.5. The molecule has 0 aliphatic rings. The number of amides is 1. The molecular formula is C19H14N4O. The Morgan fingerprint density at radius 3 is 2.33 bits per heavy atom.